The number of carbonyl (C=O) groups is 2. The molecule has 3 fully saturated rings. The summed E-state index contributed by atoms with van der Waals surface area (Å²) in [5.74, 6) is 1.11. The summed E-state index contributed by atoms with van der Waals surface area (Å²) in [6.07, 6.45) is 7.86. The monoisotopic (exact) mass is 388 g/mol. The van der Waals surface area contributed by atoms with E-state index in [1.165, 1.54) is 0 Å². The predicted octanol–water partition coefficient (Wildman–Crippen LogP) is 2.79. The molecule has 3 N–H and O–H groups in total. The minimum atomic E-state index is -0.443. The van der Waals surface area contributed by atoms with E-state index in [0.29, 0.717) is 18.3 Å². The first-order valence-electron chi connectivity index (χ1n) is 11.0. The SMILES string of the molecule is CC(C)(C)NC(=O)C1CC[C@H]2[C@@H]3CCC4NC(=O)C=C[C@]4(C)[C@@H]3C(O)C[C@]12C. The smallest absolute Gasteiger partial charge is 0.243 e. The summed E-state index contributed by atoms with van der Waals surface area (Å²) in [6.45, 7) is 10.5. The molecule has 0 spiro atoms. The molecule has 28 heavy (non-hydrogen) atoms. The fraction of sp³-hybridized carbons (Fsp3) is 0.826. The lowest BCUT2D eigenvalue weighted by molar-refractivity contribution is -0.152. The molecule has 0 aromatic rings. The van der Waals surface area contributed by atoms with Crippen molar-refractivity contribution in [2.45, 2.75) is 84.4 Å². The van der Waals surface area contributed by atoms with Crippen molar-refractivity contribution in [3.8, 4) is 0 Å². The highest BCUT2D eigenvalue weighted by Crippen LogP contribution is 2.65. The van der Waals surface area contributed by atoms with Crippen LogP contribution in [0.25, 0.3) is 0 Å². The first kappa shape index (κ1) is 19.9. The third-order valence-electron chi connectivity index (χ3n) is 8.43. The summed E-state index contributed by atoms with van der Waals surface area (Å²) in [5, 5.41) is 17.7. The number of amides is 2. The van der Waals surface area contributed by atoms with Gasteiger partial charge in [-0.2, -0.15) is 0 Å². The molecule has 0 aromatic heterocycles. The molecule has 1 heterocycles. The highest BCUT2D eigenvalue weighted by molar-refractivity contribution is 5.89. The largest absolute Gasteiger partial charge is 0.393 e. The molecule has 4 rings (SSSR count). The third-order valence-corrected chi connectivity index (χ3v) is 8.43. The van der Waals surface area contributed by atoms with Crippen molar-refractivity contribution in [2.24, 2.45) is 34.5 Å². The highest BCUT2D eigenvalue weighted by atomic mass is 16.3. The van der Waals surface area contributed by atoms with Crippen LogP contribution in [0, 0.1) is 34.5 Å². The van der Waals surface area contributed by atoms with Crippen LogP contribution in [0.3, 0.4) is 0 Å². The summed E-state index contributed by atoms with van der Waals surface area (Å²) in [5.41, 5.74) is -0.595. The zero-order valence-electron chi connectivity index (χ0n) is 17.9. The molecular weight excluding hydrogens is 352 g/mol. The van der Waals surface area contributed by atoms with Gasteiger partial charge >= 0.3 is 0 Å². The van der Waals surface area contributed by atoms with Gasteiger partial charge in [-0.3, -0.25) is 9.59 Å². The molecule has 3 unspecified atom stereocenters. The van der Waals surface area contributed by atoms with Crippen LogP contribution in [0.15, 0.2) is 12.2 Å². The van der Waals surface area contributed by atoms with Gasteiger partial charge in [-0.05, 0) is 82.1 Å². The Labute approximate surface area is 168 Å². The van der Waals surface area contributed by atoms with E-state index in [9.17, 15) is 14.7 Å². The fourth-order valence-electron chi connectivity index (χ4n) is 7.35. The van der Waals surface area contributed by atoms with Gasteiger partial charge in [-0.1, -0.05) is 19.9 Å². The van der Waals surface area contributed by atoms with Gasteiger partial charge in [0.2, 0.25) is 11.8 Å². The number of rotatable bonds is 1. The third kappa shape index (κ3) is 2.92. The Morgan fingerprint density at radius 3 is 2.61 bits per heavy atom. The lowest BCUT2D eigenvalue weighted by atomic mass is 9.47. The first-order valence-corrected chi connectivity index (χ1v) is 11.0. The molecule has 0 aromatic carbocycles. The molecule has 5 heteroatoms. The van der Waals surface area contributed by atoms with Crippen LogP contribution < -0.4 is 10.6 Å². The Hall–Kier alpha value is -1.36. The molecule has 3 saturated carbocycles. The second-order valence-corrected chi connectivity index (χ2v) is 11.3. The molecule has 3 aliphatic carbocycles. The van der Waals surface area contributed by atoms with Crippen LogP contribution >= 0.6 is 0 Å². The number of hydrogen-bond donors (Lipinski definition) is 3. The summed E-state index contributed by atoms with van der Waals surface area (Å²) in [6, 6.07) is 0.103. The molecule has 4 aliphatic rings. The van der Waals surface area contributed by atoms with E-state index < -0.39 is 6.10 Å². The highest BCUT2D eigenvalue weighted by Gasteiger charge is 2.63. The molecule has 5 nitrogen and oxygen atoms in total. The Kier molecular flexibility index (Phi) is 4.50. The molecule has 156 valence electrons. The second-order valence-electron chi connectivity index (χ2n) is 11.3. The number of aliphatic hydroxyl groups excluding tert-OH is 1. The van der Waals surface area contributed by atoms with Crippen LogP contribution in [0.4, 0.5) is 0 Å². The van der Waals surface area contributed by atoms with Crippen molar-refractivity contribution in [1.82, 2.24) is 10.6 Å². The van der Waals surface area contributed by atoms with Gasteiger partial charge in [0.1, 0.15) is 0 Å². The van der Waals surface area contributed by atoms with E-state index in [2.05, 4.69) is 30.6 Å². The number of hydrogen-bond acceptors (Lipinski definition) is 3. The maximum absolute atomic E-state index is 13.1. The van der Waals surface area contributed by atoms with Crippen LogP contribution in [-0.2, 0) is 9.59 Å². The second kappa shape index (κ2) is 6.32. The first-order chi connectivity index (χ1) is 13.0. The lowest BCUT2D eigenvalue weighted by Crippen LogP contribution is -2.63. The Morgan fingerprint density at radius 1 is 1.21 bits per heavy atom. The molecule has 0 bridgehead atoms. The van der Waals surface area contributed by atoms with Crippen molar-refractivity contribution in [2.75, 3.05) is 0 Å². The van der Waals surface area contributed by atoms with Gasteiger partial charge in [0, 0.05) is 22.9 Å². The number of carbonyl (C=O) groups excluding carboxylic acids is 2. The average Bonchev–Trinajstić information content (AvgIpc) is 2.90. The van der Waals surface area contributed by atoms with Crippen molar-refractivity contribution < 1.29 is 14.7 Å². The number of fused-ring (bicyclic) bond motifs is 5. The lowest BCUT2D eigenvalue weighted by Gasteiger charge is -2.60. The van der Waals surface area contributed by atoms with Crippen molar-refractivity contribution in [3.63, 3.8) is 0 Å². The Morgan fingerprint density at radius 2 is 1.93 bits per heavy atom. The van der Waals surface area contributed by atoms with Gasteiger partial charge in [0.15, 0.2) is 0 Å². The van der Waals surface area contributed by atoms with Gasteiger partial charge in [0.25, 0.3) is 0 Å². The van der Waals surface area contributed by atoms with Crippen molar-refractivity contribution >= 4 is 11.8 Å². The minimum Gasteiger partial charge on any atom is -0.393 e. The van der Waals surface area contributed by atoms with Crippen molar-refractivity contribution in [1.29, 1.82) is 0 Å². The Bertz CT molecular complexity index is 711. The number of nitrogens with one attached hydrogen (secondary N) is 2. The van der Waals surface area contributed by atoms with Gasteiger partial charge < -0.3 is 15.7 Å². The van der Waals surface area contributed by atoms with E-state index >= 15 is 0 Å². The van der Waals surface area contributed by atoms with E-state index in [4.69, 9.17) is 0 Å². The molecule has 8 atom stereocenters. The summed E-state index contributed by atoms with van der Waals surface area (Å²) < 4.78 is 0. The standard InChI is InChI=1S/C23H36N2O3/c1-21(2,3)25-20(28)15-8-7-14-13-6-9-17-22(4,11-10-18(27)24-17)19(13)16(26)12-23(14,15)5/h10-11,13-17,19,26H,6-9,12H2,1-5H3,(H,24,27)(H,25,28)/t13-,14-,15?,16?,17?,19-,22-,23-/m0/s1. The maximum atomic E-state index is 13.1. The topological polar surface area (TPSA) is 78.4 Å². The van der Waals surface area contributed by atoms with Crippen LogP contribution in [0.1, 0.15) is 66.7 Å². The average molecular weight is 389 g/mol. The molecule has 0 radical (unpaired) electrons. The van der Waals surface area contributed by atoms with E-state index in [-0.39, 0.29) is 46.1 Å². The van der Waals surface area contributed by atoms with Crippen LogP contribution in [0.5, 0.6) is 0 Å². The van der Waals surface area contributed by atoms with Gasteiger partial charge in [-0.25, -0.2) is 0 Å². The molecule has 0 saturated heterocycles. The van der Waals surface area contributed by atoms with Gasteiger partial charge in [0.05, 0.1) is 6.10 Å². The van der Waals surface area contributed by atoms with E-state index in [1.807, 2.05) is 20.8 Å². The minimum absolute atomic E-state index is 0.0177. The summed E-state index contributed by atoms with van der Waals surface area (Å²) in [4.78, 5) is 24.9. The summed E-state index contributed by atoms with van der Waals surface area (Å²) >= 11 is 0. The quantitative estimate of drug-likeness (QED) is 0.646. The van der Waals surface area contributed by atoms with Crippen molar-refractivity contribution in [3.05, 3.63) is 12.2 Å². The van der Waals surface area contributed by atoms with E-state index in [1.54, 1.807) is 6.08 Å². The zero-order valence-corrected chi connectivity index (χ0v) is 17.9. The van der Waals surface area contributed by atoms with Crippen LogP contribution in [-0.4, -0.2) is 34.6 Å². The van der Waals surface area contributed by atoms with Gasteiger partial charge in [-0.15, -0.1) is 0 Å². The summed E-state index contributed by atoms with van der Waals surface area (Å²) in [7, 11) is 0. The zero-order chi connectivity index (χ0) is 20.5. The van der Waals surface area contributed by atoms with E-state index in [0.717, 1.165) is 25.7 Å². The molecular formula is C23H36N2O3. The molecule has 1 aliphatic heterocycles. The number of aliphatic hydroxyl groups is 1. The fourth-order valence-corrected chi connectivity index (χ4v) is 7.35. The molecule has 2 amide bonds. The normalized spacial score (nSPS) is 47.6. The maximum Gasteiger partial charge on any atom is 0.243 e. The predicted molar refractivity (Wildman–Crippen MR) is 108 cm³/mol. The Balaban J connectivity index is 1.63. The van der Waals surface area contributed by atoms with Crippen LogP contribution in [0.2, 0.25) is 0 Å².